The fourth-order valence-electron chi connectivity index (χ4n) is 2.79. The first-order chi connectivity index (χ1) is 10.1. The highest BCUT2D eigenvalue weighted by Gasteiger charge is 2.41. The Morgan fingerprint density at radius 2 is 2.14 bits per heavy atom. The topological polar surface area (TPSA) is 55.6 Å². The van der Waals surface area contributed by atoms with Crippen molar-refractivity contribution in [2.75, 3.05) is 26.3 Å². The van der Waals surface area contributed by atoms with Crippen molar-refractivity contribution in [2.45, 2.75) is 26.3 Å². The van der Waals surface area contributed by atoms with Gasteiger partial charge in [0.15, 0.2) is 0 Å². The Bertz CT molecular complexity index is 487. The van der Waals surface area contributed by atoms with E-state index in [0.29, 0.717) is 45.7 Å². The highest BCUT2D eigenvalue weighted by molar-refractivity contribution is 5.83. The lowest BCUT2D eigenvalue weighted by atomic mass is 9.78. The van der Waals surface area contributed by atoms with Crippen LogP contribution in [0.5, 0.6) is 0 Å². The molecule has 0 aliphatic carbocycles. The Morgan fingerprint density at radius 1 is 1.43 bits per heavy atom. The first-order valence-corrected chi connectivity index (χ1v) is 7.43. The quantitative estimate of drug-likeness (QED) is 0.903. The monoisotopic (exact) mass is 294 g/mol. The second-order valence-electron chi connectivity index (χ2n) is 5.55. The zero-order valence-corrected chi connectivity index (χ0v) is 12.5. The molecule has 1 aliphatic rings. The van der Waals surface area contributed by atoms with E-state index in [2.05, 4.69) is 0 Å². The standard InChI is InChI=1S/C16H23FN2O2/c1-2-19(11-13-4-3-5-14(17)10-13)15(20)16(12-18)6-8-21-9-7-16/h3-5,10H,2,6-9,11-12,18H2,1H3. The molecule has 116 valence electrons. The lowest BCUT2D eigenvalue weighted by Gasteiger charge is -2.38. The molecule has 0 unspecified atom stereocenters. The van der Waals surface area contributed by atoms with Crippen LogP contribution in [0.4, 0.5) is 4.39 Å². The van der Waals surface area contributed by atoms with Crippen LogP contribution < -0.4 is 5.73 Å². The van der Waals surface area contributed by atoms with Gasteiger partial charge in [-0.1, -0.05) is 12.1 Å². The van der Waals surface area contributed by atoms with Crippen molar-refractivity contribution in [1.29, 1.82) is 0 Å². The molecule has 21 heavy (non-hydrogen) atoms. The van der Waals surface area contributed by atoms with Crippen LogP contribution in [0.3, 0.4) is 0 Å². The third-order valence-electron chi connectivity index (χ3n) is 4.23. The molecule has 0 aromatic heterocycles. The van der Waals surface area contributed by atoms with Crippen molar-refractivity contribution in [3.8, 4) is 0 Å². The number of hydrogen-bond donors (Lipinski definition) is 1. The van der Waals surface area contributed by atoms with E-state index < -0.39 is 5.41 Å². The van der Waals surface area contributed by atoms with E-state index in [1.807, 2.05) is 13.0 Å². The number of carbonyl (C=O) groups excluding carboxylic acids is 1. The largest absolute Gasteiger partial charge is 0.381 e. The number of benzene rings is 1. The molecule has 2 N–H and O–H groups in total. The fourth-order valence-corrected chi connectivity index (χ4v) is 2.79. The van der Waals surface area contributed by atoms with Crippen LogP contribution in [0.15, 0.2) is 24.3 Å². The lowest BCUT2D eigenvalue weighted by molar-refractivity contribution is -0.147. The minimum absolute atomic E-state index is 0.0556. The number of nitrogens with zero attached hydrogens (tertiary/aromatic N) is 1. The zero-order chi connectivity index (χ0) is 15.3. The minimum Gasteiger partial charge on any atom is -0.381 e. The van der Waals surface area contributed by atoms with Gasteiger partial charge in [0, 0.05) is 32.8 Å². The summed E-state index contributed by atoms with van der Waals surface area (Å²) in [6.07, 6.45) is 1.31. The van der Waals surface area contributed by atoms with E-state index in [9.17, 15) is 9.18 Å². The molecule has 0 bridgehead atoms. The highest BCUT2D eigenvalue weighted by Crippen LogP contribution is 2.32. The molecule has 1 fully saturated rings. The molecular weight excluding hydrogens is 271 g/mol. The van der Waals surface area contributed by atoms with Crippen LogP contribution in [-0.4, -0.2) is 37.1 Å². The minimum atomic E-state index is -0.526. The summed E-state index contributed by atoms with van der Waals surface area (Å²) in [5.41, 5.74) is 6.16. The Kier molecular flexibility index (Phi) is 5.31. The van der Waals surface area contributed by atoms with E-state index in [1.165, 1.54) is 12.1 Å². The van der Waals surface area contributed by atoms with Gasteiger partial charge < -0.3 is 15.4 Å². The Morgan fingerprint density at radius 3 is 2.71 bits per heavy atom. The average Bonchev–Trinajstić information content (AvgIpc) is 2.52. The van der Waals surface area contributed by atoms with E-state index >= 15 is 0 Å². The molecule has 5 heteroatoms. The Hall–Kier alpha value is -1.46. The maximum Gasteiger partial charge on any atom is 0.230 e. The molecular formula is C16H23FN2O2. The molecule has 2 rings (SSSR count). The van der Waals surface area contributed by atoms with Crippen LogP contribution in [0.2, 0.25) is 0 Å². The summed E-state index contributed by atoms with van der Waals surface area (Å²) in [6, 6.07) is 6.37. The highest BCUT2D eigenvalue weighted by atomic mass is 19.1. The van der Waals surface area contributed by atoms with Crippen molar-refractivity contribution in [3.05, 3.63) is 35.6 Å². The Balaban J connectivity index is 2.14. The van der Waals surface area contributed by atoms with Gasteiger partial charge in [-0.05, 0) is 37.5 Å². The maximum atomic E-state index is 13.3. The number of hydrogen-bond acceptors (Lipinski definition) is 3. The summed E-state index contributed by atoms with van der Waals surface area (Å²) in [7, 11) is 0. The first-order valence-electron chi connectivity index (χ1n) is 7.43. The zero-order valence-electron chi connectivity index (χ0n) is 12.5. The third kappa shape index (κ3) is 3.60. The molecule has 0 saturated carbocycles. The number of ether oxygens (including phenoxy) is 1. The fraction of sp³-hybridized carbons (Fsp3) is 0.562. The number of rotatable bonds is 5. The molecule has 1 heterocycles. The number of amides is 1. The van der Waals surface area contributed by atoms with Crippen LogP contribution in [0.25, 0.3) is 0 Å². The molecule has 1 amide bonds. The smallest absolute Gasteiger partial charge is 0.230 e. The third-order valence-corrected chi connectivity index (χ3v) is 4.23. The molecule has 1 aliphatic heterocycles. The van der Waals surface area contributed by atoms with Gasteiger partial charge in [-0.25, -0.2) is 4.39 Å². The van der Waals surface area contributed by atoms with Gasteiger partial charge in [-0.2, -0.15) is 0 Å². The molecule has 1 aromatic carbocycles. The predicted octanol–water partition coefficient (Wildman–Crippen LogP) is 1.93. The summed E-state index contributed by atoms with van der Waals surface area (Å²) in [5.74, 6) is -0.226. The predicted molar refractivity (Wildman–Crippen MR) is 79.0 cm³/mol. The van der Waals surface area contributed by atoms with Gasteiger partial charge in [0.25, 0.3) is 0 Å². The van der Waals surface area contributed by atoms with E-state index in [4.69, 9.17) is 10.5 Å². The van der Waals surface area contributed by atoms with E-state index in [1.54, 1.807) is 11.0 Å². The van der Waals surface area contributed by atoms with Gasteiger partial charge >= 0.3 is 0 Å². The van der Waals surface area contributed by atoms with Crippen molar-refractivity contribution < 1.29 is 13.9 Å². The van der Waals surface area contributed by atoms with Crippen molar-refractivity contribution in [1.82, 2.24) is 4.90 Å². The van der Waals surface area contributed by atoms with Crippen molar-refractivity contribution in [2.24, 2.45) is 11.1 Å². The first kappa shape index (κ1) is 15.9. The van der Waals surface area contributed by atoms with Crippen LogP contribution in [-0.2, 0) is 16.1 Å². The van der Waals surface area contributed by atoms with Gasteiger partial charge in [0.1, 0.15) is 5.82 Å². The molecule has 0 spiro atoms. The summed E-state index contributed by atoms with van der Waals surface area (Å²) in [4.78, 5) is 14.6. The van der Waals surface area contributed by atoms with Gasteiger partial charge in [-0.3, -0.25) is 4.79 Å². The number of halogens is 1. The second-order valence-corrected chi connectivity index (χ2v) is 5.55. The van der Waals surface area contributed by atoms with Crippen molar-refractivity contribution in [3.63, 3.8) is 0 Å². The Labute approximate surface area is 125 Å². The number of carbonyl (C=O) groups is 1. The SMILES string of the molecule is CCN(Cc1cccc(F)c1)C(=O)C1(CN)CCOCC1. The van der Waals surface area contributed by atoms with Gasteiger partial charge in [0.2, 0.25) is 5.91 Å². The van der Waals surface area contributed by atoms with Gasteiger partial charge in [0.05, 0.1) is 5.41 Å². The van der Waals surface area contributed by atoms with E-state index in [0.717, 1.165) is 5.56 Å². The molecule has 1 aromatic rings. The van der Waals surface area contributed by atoms with Crippen LogP contribution in [0.1, 0.15) is 25.3 Å². The normalized spacial score (nSPS) is 17.5. The van der Waals surface area contributed by atoms with Crippen LogP contribution >= 0.6 is 0 Å². The molecule has 0 radical (unpaired) electrons. The van der Waals surface area contributed by atoms with E-state index in [-0.39, 0.29) is 11.7 Å². The molecule has 0 atom stereocenters. The van der Waals surface area contributed by atoms with Crippen molar-refractivity contribution >= 4 is 5.91 Å². The summed E-state index contributed by atoms with van der Waals surface area (Å²) in [5, 5.41) is 0. The molecule has 1 saturated heterocycles. The lowest BCUT2D eigenvalue weighted by Crippen LogP contribution is -2.50. The average molecular weight is 294 g/mol. The number of nitrogens with two attached hydrogens (primary N) is 1. The van der Waals surface area contributed by atoms with Crippen LogP contribution in [0, 0.1) is 11.2 Å². The summed E-state index contributed by atoms with van der Waals surface area (Å²) >= 11 is 0. The summed E-state index contributed by atoms with van der Waals surface area (Å²) in [6.45, 7) is 4.39. The van der Waals surface area contributed by atoms with Gasteiger partial charge in [-0.15, -0.1) is 0 Å². The maximum absolute atomic E-state index is 13.3. The molecule has 4 nitrogen and oxygen atoms in total. The second kappa shape index (κ2) is 7.00. The summed E-state index contributed by atoms with van der Waals surface area (Å²) < 4.78 is 18.6.